The molecule has 0 saturated carbocycles. The summed E-state index contributed by atoms with van der Waals surface area (Å²) in [6.07, 6.45) is 1.50. The molecule has 1 amide bonds. The molecule has 0 unspecified atom stereocenters. The largest absolute Gasteiger partial charge is 0.379 e. The lowest BCUT2D eigenvalue weighted by Gasteiger charge is -2.26. The lowest BCUT2D eigenvalue weighted by Crippen LogP contribution is -2.35. The van der Waals surface area contributed by atoms with Crippen molar-refractivity contribution in [1.82, 2.24) is 10.2 Å². The lowest BCUT2D eigenvalue weighted by atomic mass is 10.1. The number of nitrogens with zero attached hydrogens (tertiary/aromatic N) is 1. The second-order valence-corrected chi connectivity index (χ2v) is 5.23. The topological polar surface area (TPSA) is 41.6 Å². The summed E-state index contributed by atoms with van der Waals surface area (Å²) in [5.74, 6) is 0.130. The van der Waals surface area contributed by atoms with E-state index in [0.29, 0.717) is 13.0 Å². The standard InChI is InChI=1S/C16H24N2O2/c1-2-3-16(19)17-12-14-4-6-15(7-5-14)13-18-8-10-20-11-9-18/h4-7H,2-3,8-13H2,1H3,(H,17,19). The summed E-state index contributed by atoms with van der Waals surface area (Å²) in [5, 5.41) is 2.93. The zero-order valence-corrected chi connectivity index (χ0v) is 12.2. The highest BCUT2D eigenvalue weighted by atomic mass is 16.5. The quantitative estimate of drug-likeness (QED) is 0.863. The SMILES string of the molecule is CCCC(=O)NCc1ccc(CN2CCOCC2)cc1. The molecule has 0 atom stereocenters. The molecule has 0 spiro atoms. The maximum absolute atomic E-state index is 11.4. The van der Waals surface area contributed by atoms with Gasteiger partial charge < -0.3 is 10.1 Å². The van der Waals surface area contributed by atoms with Crippen LogP contribution in [0, 0.1) is 0 Å². The Hall–Kier alpha value is -1.39. The van der Waals surface area contributed by atoms with Gasteiger partial charge in [-0.15, -0.1) is 0 Å². The third-order valence-corrected chi connectivity index (χ3v) is 3.50. The number of carbonyl (C=O) groups excluding carboxylic acids is 1. The summed E-state index contributed by atoms with van der Waals surface area (Å²) in [6.45, 7) is 7.30. The van der Waals surface area contributed by atoms with Gasteiger partial charge in [-0.05, 0) is 17.5 Å². The van der Waals surface area contributed by atoms with E-state index >= 15 is 0 Å². The second kappa shape index (κ2) is 8.02. The molecule has 2 rings (SSSR count). The fourth-order valence-electron chi connectivity index (χ4n) is 2.30. The average molecular weight is 276 g/mol. The Bertz CT molecular complexity index is 411. The van der Waals surface area contributed by atoms with Crippen LogP contribution in [-0.2, 0) is 22.6 Å². The van der Waals surface area contributed by atoms with Crippen LogP contribution in [0.4, 0.5) is 0 Å². The molecule has 1 saturated heterocycles. The fourth-order valence-corrected chi connectivity index (χ4v) is 2.30. The molecule has 1 aliphatic heterocycles. The van der Waals surface area contributed by atoms with Crippen molar-refractivity contribution < 1.29 is 9.53 Å². The van der Waals surface area contributed by atoms with Crippen molar-refractivity contribution in [2.45, 2.75) is 32.9 Å². The molecule has 0 bridgehead atoms. The Balaban J connectivity index is 1.78. The van der Waals surface area contributed by atoms with Gasteiger partial charge in [0.2, 0.25) is 5.91 Å². The summed E-state index contributed by atoms with van der Waals surface area (Å²) in [6, 6.07) is 8.50. The molecule has 4 nitrogen and oxygen atoms in total. The Morgan fingerprint density at radius 1 is 1.20 bits per heavy atom. The van der Waals surface area contributed by atoms with Gasteiger partial charge in [-0.1, -0.05) is 31.2 Å². The Labute approximate surface area is 121 Å². The van der Waals surface area contributed by atoms with Gasteiger partial charge in [0.25, 0.3) is 0 Å². The fraction of sp³-hybridized carbons (Fsp3) is 0.562. The van der Waals surface area contributed by atoms with Gasteiger partial charge in [0, 0.05) is 32.6 Å². The molecule has 110 valence electrons. The number of hydrogen-bond donors (Lipinski definition) is 1. The van der Waals surface area contributed by atoms with E-state index in [9.17, 15) is 4.79 Å². The third kappa shape index (κ3) is 4.94. The van der Waals surface area contributed by atoms with Gasteiger partial charge in [0.15, 0.2) is 0 Å². The Morgan fingerprint density at radius 3 is 2.50 bits per heavy atom. The molecule has 1 N–H and O–H groups in total. The Morgan fingerprint density at radius 2 is 1.85 bits per heavy atom. The monoisotopic (exact) mass is 276 g/mol. The van der Waals surface area contributed by atoms with Crippen LogP contribution in [0.25, 0.3) is 0 Å². The molecule has 1 aliphatic rings. The van der Waals surface area contributed by atoms with Crippen LogP contribution in [0.3, 0.4) is 0 Å². The molecule has 1 fully saturated rings. The number of nitrogens with one attached hydrogen (secondary N) is 1. The van der Waals surface area contributed by atoms with Crippen molar-refractivity contribution in [3.8, 4) is 0 Å². The summed E-state index contributed by atoms with van der Waals surface area (Å²) >= 11 is 0. The Kier molecular flexibility index (Phi) is 6.02. The van der Waals surface area contributed by atoms with Crippen molar-refractivity contribution in [1.29, 1.82) is 0 Å². The highest BCUT2D eigenvalue weighted by Gasteiger charge is 2.10. The van der Waals surface area contributed by atoms with E-state index in [-0.39, 0.29) is 5.91 Å². The van der Waals surface area contributed by atoms with Crippen LogP contribution in [-0.4, -0.2) is 37.1 Å². The summed E-state index contributed by atoms with van der Waals surface area (Å²) in [5.41, 5.74) is 2.47. The number of hydrogen-bond acceptors (Lipinski definition) is 3. The molecular weight excluding hydrogens is 252 g/mol. The van der Waals surface area contributed by atoms with E-state index in [1.807, 2.05) is 6.92 Å². The van der Waals surface area contributed by atoms with Crippen LogP contribution >= 0.6 is 0 Å². The normalized spacial score (nSPS) is 16.1. The van der Waals surface area contributed by atoms with E-state index in [1.165, 1.54) is 5.56 Å². The number of rotatable bonds is 6. The number of morpholine rings is 1. The second-order valence-electron chi connectivity index (χ2n) is 5.23. The maximum Gasteiger partial charge on any atom is 0.220 e. The van der Waals surface area contributed by atoms with Crippen LogP contribution in [0.1, 0.15) is 30.9 Å². The zero-order valence-electron chi connectivity index (χ0n) is 12.2. The molecule has 1 aromatic carbocycles. The first-order chi connectivity index (χ1) is 9.78. The van der Waals surface area contributed by atoms with Crippen LogP contribution < -0.4 is 5.32 Å². The number of amides is 1. The molecule has 1 aromatic rings. The van der Waals surface area contributed by atoms with Gasteiger partial charge in [-0.25, -0.2) is 0 Å². The van der Waals surface area contributed by atoms with E-state index in [4.69, 9.17) is 4.74 Å². The third-order valence-electron chi connectivity index (χ3n) is 3.50. The number of ether oxygens (including phenoxy) is 1. The van der Waals surface area contributed by atoms with E-state index in [1.54, 1.807) is 0 Å². The summed E-state index contributed by atoms with van der Waals surface area (Å²) in [7, 11) is 0. The van der Waals surface area contributed by atoms with Crippen LogP contribution in [0.2, 0.25) is 0 Å². The zero-order chi connectivity index (χ0) is 14.2. The molecule has 0 radical (unpaired) electrons. The molecule has 4 heteroatoms. The minimum Gasteiger partial charge on any atom is -0.379 e. The first-order valence-electron chi connectivity index (χ1n) is 7.42. The van der Waals surface area contributed by atoms with Gasteiger partial charge in [-0.3, -0.25) is 9.69 Å². The van der Waals surface area contributed by atoms with Gasteiger partial charge >= 0.3 is 0 Å². The van der Waals surface area contributed by atoms with E-state index in [0.717, 1.165) is 44.8 Å². The highest BCUT2D eigenvalue weighted by molar-refractivity contribution is 5.75. The minimum absolute atomic E-state index is 0.130. The van der Waals surface area contributed by atoms with Crippen molar-refractivity contribution >= 4 is 5.91 Å². The van der Waals surface area contributed by atoms with Crippen LogP contribution in [0.5, 0.6) is 0 Å². The first kappa shape index (κ1) is 15.0. The van der Waals surface area contributed by atoms with Gasteiger partial charge in [0.05, 0.1) is 13.2 Å². The molecule has 1 heterocycles. The van der Waals surface area contributed by atoms with Crippen LogP contribution in [0.15, 0.2) is 24.3 Å². The molecule has 0 aromatic heterocycles. The van der Waals surface area contributed by atoms with Crippen molar-refractivity contribution in [2.75, 3.05) is 26.3 Å². The minimum atomic E-state index is 0.130. The van der Waals surface area contributed by atoms with Crippen molar-refractivity contribution in [3.05, 3.63) is 35.4 Å². The number of benzene rings is 1. The van der Waals surface area contributed by atoms with Gasteiger partial charge in [0.1, 0.15) is 0 Å². The first-order valence-corrected chi connectivity index (χ1v) is 7.42. The molecular formula is C16H24N2O2. The summed E-state index contributed by atoms with van der Waals surface area (Å²) < 4.78 is 5.35. The predicted molar refractivity (Wildman–Crippen MR) is 79.3 cm³/mol. The number of carbonyl (C=O) groups is 1. The van der Waals surface area contributed by atoms with E-state index < -0.39 is 0 Å². The maximum atomic E-state index is 11.4. The molecule has 0 aliphatic carbocycles. The average Bonchev–Trinajstić information content (AvgIpc) is 2.48. The summed E-state index contributed by atoms with van der Waals surface area (Å²) in [4.78, 5) is 13.8. The van der Waals surface area contributed by atoms with Crippen molar-refractivity contribution in [3.63, 3.8) is 0 Å². The molecule has 20 heavy (non-hydrogen) atoms. The lowest BCUT2D eigenvalue weighted by molar-refractivity contribution is -0.121. The highest BCUT2D eigenvalue weighted by Crippen LogP contribution is 2.09. The smallest absolute Gasteiger partial charge is 0.220 e. The van der Waals surface area contributed by atoms with Crippen molar-refractivity contribution in [2.24, 2.45) is 0 Å². The van der Waals surface area contributed by atoms with Gasteiger partial charge in [-0.2, -0.15) is 0 Å². The predicted octanol–water partition coefficient (Wildman–Crippen LogP) is 1.94. The van der Waals surface area contributed by atoms with E-state index in [2.05, 4.69) is 34.5 Å².